The molecule has 5 rings (SSSR count). The van der Waals surface area contributed by atoms with Crippen LogP contribution in [0.25, 0.3) is 11.1 Å². The van der Waals surface area contributed by atoms with E-state index in [1.165, 1.54) is 31.2 Å². The number of hydrogen-bond acceptors (Lipinski definition) is 5. The number of likely N-dealkylation sites (N-methyl/N-ethyl adjacent to an activating group) is 1. The minimum Gasteiger partial charge on any atom is -0.336 e. The second-order valence-corrected chi connectivity index (χ2v) is 12.1. The Morgan fingerprint density at radius 2 is 1.73 bits per heavy atom. The van der Waals surface area contributed by atoms with Crippen molar-refractivity contribution >= 4 is 17.7 Å². The van der Waals surface area contributed by atoms with Gasteiger partial charge in [-0.3, -0.25) is 9.59 Å². The van der Waals surface area contributed by atoms with Gasteiger partial charge in [-0.1, -0.05) is 68.0 Å². The van der Waals surface area contributed by atoms with Crippen LogP contribution in [0.5, 0.6) is 0 Å². The number of fused-ring (bicyclic) bond motifs is 1. The van der Waals surface area contributed by atoms with E-state index < -0.39 is 59.0 Å². The molecule has 0 unspecified atom stereocenters. The van der Waals surface area contributed by atoms with Gasteiger partial charge in [-0.2, -0.15) is 18.2 Å². The van der Waals surface area contributed by atoms with Gasteiger partial charge in [0.15, 0.2) is 5.16 Å². The zero-order chi connectivity index (χ0) is 40.6. The topological polar surface area (TPSA) is 58.4 Å². The lowest BCUT2D eigenvalue weighted by Crippen LogP contribution is -2.40. The van der Waals surface area contributed by atoms with E-state index in [-0.39, 0.29) is 77.1 Å². The number of amides is 1. The molecule has 0 spiro atoms. The predicted molar refractivity (Wildman–Crippen MR) is 181 cm³/mol. The lowest BCUT2D eigenvalue weighted by molar-refractivity contribution is -0.137. The first-order chi connectivity index (χ1) is 25.7. The summed E-state index contributed by atoms with van der Waals surface area (Å²) in [4.78, 5) is 35.0. The van der Waals surface area contributed by atoms with Gasteiger partial charge in [0.05, 0.1) is 12.4 Å². The minimum atomic E-state index is -4.59. The molecule has 0 fully saturated rings. The highest BCUT2D eigenvalue weighted by molar-refractivity contribution is 7.98. The maximum atomic E-state index is 14.7. The van der Waals surface area contributed by atoms with Crippen LogP contribution in [0.4, 0.5) is 17.6 Å². The Morgan fingerprint density at radius 1 is 1.02 bits per heavy atom. The number of halogens is 4. The number of aromatic nitrogens is 2. The van der Waals surface area contributed by atoms with Crippen molar-refractivity contribution in [2.45, 2.75) is 70.1 Å². The summed E-state index contributed by atoms with van der Waals surface area (Å²) in [7, 11) is 0. The number of thioether (sulfide) groups is 1. The van der Waals surface area contributed by atoms with Crippen LogP contribution in [0.1, 0.15) is 63.4 Å². The van der Waals surface area contributed by atoms with Crippen molar-refractivity contribution in [1.82, 2.24) is 19.4 Å². The second-order valence-electron chi connectivity index (χ2n) is 11.3. The number of rotatable bonds is 13. The van der Waals surface area contributed by atoms with E-state index in [0.717, 1.165) is 33.7 Å². The fraction of sp³-hybridized carbons (Fsp3) is 0.378. The molecule has 1 amide bonds. The fourth-order valence-corrected chi connectivity index (χ4v) is 6.21. The van der Waals surface area contributed by atoms with Gasteiger partial charge in [-0.25, -0.2) is 4.39 Å². The van der Waals surface area contributed by atoms with E-state index in [1.807, 2.05) is 18.7 Å². The van der Waals surface area contributed by atoms with Crippen molar-refractivity contribution in [2.75, 3.05) is 26.2 Å². The largest absolute Gasteiger partial charge is 0.416 e. The molecule has 0 saturated heterocycles. The van der Waals surface area contributed by atoms with Crippen LogP contribution in [0.2, 0.25) is 0 Å². The maximum Gasteiger partial charge on any atom is 0.416 e. The molecule has 0 N–H and O–H groups in total. The molecule has 0 aliphatic heterocycles. The molecular weight excluding hydrogens is 640 g/mol. The minimum absolute atomic E-state index is 0.0141. The first-order valence-electron chi connectivity index (χ1n) is 19.1. The van der Waals surface area contributed by atoms with E-state index >= 15 is 0 Å². The smallest absolute Gasteiger partial charge is 0.336 e. The number of alkyl halides is 3. The summed E-state index contributed by atoms with van der Waals surface area (Å²) >= 11 is 0.404. The molecule has 0 saturated carbocycles. The Balaban J connectivity index is 1.60. The monoisotopic (exact) mass is 687 g/mol. The molecule has 11 heteroatoms. The van der Waals surface area contributed by atoms with Crippen molar-refractivity contribution in [3.05, 3.63) is 116 Å². The summed E-state index contributed by atoms with van der Waals surface area (Å²) < 4.78 is 117. The molecule has 254 valence electrons. The molecule has 48 heavy (non-hydrogen) atoms. The molecule has 6 nitrogen and oxygen atoms in total. The van der Waals surface area contributed by atoms with Gasteiger partial charge < -0.3 is 14.4 Å². The van der Waals surface area contributed by atoms with Crippen LogP contribution in [0, 0.1) is 12.7 Å². The molecule has 0 atom stereocenters. The van der Waals surface area contributed by atoms with Gasteiger partial charge in [0.1, 0.15) is 12.3 Å². The van der Waals surface area contributed by atoms with Crippen LogP contribution in [-0.2, 0) is 42.6 Å². The first kappa shape index (κ1) is 26.9. The average molecular weight is 688 g/mol. The van der Waals surface area contributed by atoms with Gasteiger partial charge in [0.25, 0.3) is 5.56 Å². The van der Waals surface area contributed by atoms with Crippen molar-refractivity contribution < 1.29 is 32.0 Å². The number of carbonyl (C=O) groups is 1. The highest BCUT2D eigenvalue weighted by Crippen LogP contribution is 2.32. The normalized spacial score (nSPS) is 15.5. The lowest BCUT2D eigenvalue weighted by Gasteiger charge is -2.28. The summed E-state index contributed by atoms with van der Waals surface area (Å²) in [6.07, 6.45) is -3.66. The third kappa shape index (κ3) is 8.54. The summed E-state index contributed by atoms with van der Waals surface area (Å²) in [6, 6.07) is 7.52. The zero-order valence-corrected chi connectivity index (χ0v) is 27.6. The van der Waals surface area contributed by atoms with Crippen molar-refractivity contribution in [2.24, 2.45) is 0 Å². The Labute approximate surface area is 292 Å². The van der Waals surface area contributed by atoms with E-state index in [9.17, 15) is 29.9 Å². The van der Waals surface area contributed by atoms with E-state index in [1.54, 1.807) is 0 Å². The predicted octanol–water partition coefficient (Wildman–Crippen LogP) is 7.53. The molecule has 4 aromatic rings. The van der Waals surface area contributed by atoms with Crippen molar-refractivity contribution in [3.63, 3.8) is 0 Å². The van der Waals surface area contributed by atoms with Gasteiger partial charge in [-0.05, 0) is 91.4 Å². The average Bonchev–Trinajstić information content (AvgIpc) is 3.62. The Kier molecular flexibility index (Phi) is 8.70. The first-order valence-corrected chi connectivity index (χ1v) is 16.4. The summed E-state index contributed by atoms with van der Waals surface area (Å²) in [6.45, 7) is 3.20. The fourth-order valence-electron chi connectivity index (χ4n) is 5.49. The quantitative estimate of drug-likeness (QED) is 0.0827. The van der Waals surface area contributed by atoms with E-state index in [2.05, 4.69) is 4.98 Å². The Hall–Kier alpha value is -3.96. The molecule has 0 bridgehead atoms. The maximum absolute atomic E-state index is 14.7. The standard InChI is InChI=1S/C37H40F4N4O2S/c1-4-43(5-2)19-20-44(22-27-11-18-31(25(3)21-27)28-12-14-29(15-13-28)37(39,40)41)34(46)23-45-33-8-6-7-32(33)35(47)42-36(45)48-24-26-9-16-30(38)17-10-26/h9-18,21H,4-8,19-20,22-24H2,1-3H3/i11D,18D,21D,23D2,24D2. The van der Waals surface area contributed by atoms with Gasteiger partial charge in [-0.15, -0.1) is 0 Å². The number of nitrogens with zero attached hydrogens (tertiary/aromatic N) is 4. The third-order valence-corrected chi connectivity index (χ3v) is 8.98. The molecule has 1 heterocycles. The van der Waals surface area contributed by atoms with Gasteiger partial charge >= 0.3 is 6.18 Å². The third-order valence-electron chi connectivity index (χ3n) is 8.19. The Bertz CT molecular complexity index is 2100. The number of carbonyl (C=O) groups excluding carboxylic acids is 1. The summed E-state index contributed by atoms with van der Waals surface area (Å²) in [5.41, 5.74) is -3.14. The molecule has 1 aromatic heterocycles. The number of hydrogen-bond donors (Lipinski definition) is 0. The van der Waals surface area contributed by atoms with Crippen molar-refractivity contribution in [1.29, 1.82) is 0 Å². The van der Waals surface area contributed by atoms with Gasteiger partial charge in [0, 0.05) is 39.3 Å². The number of benzene rings is 3. The molecule has 1 aliphatic carbocycles. The highest BCUT2D eigenvalue weighted by Gasteiger charge is 2.30. The van der Waals surface area contributed by atoms with Crippen LogP contribution in [0.3, 0.4) is 0 Å². The summed E-state index contributed by atoms with van der Waals surface area (Å²) in [5, 5.41) is -0.408. The molecular formula is C37H40F4N4O2S. The van der Waals surface area contributed by atoms with Crippen LogP contribution < -0.4 is 5.56 Å². The SMILES string of the molecule is [2H]c1c([2H])c(-c2ccc(C(F)(F)F)cc2)c(C)c([2H])c1CN(CCN(CC)CC)C(=O)C([2H])([2H])n1c(SC([2H])([2H])c2ccc(F)cc2)nc(=O)c2c1CCC2. The summed E-state index contributed by atoms with van der Waals surface area (Å²) in [5.74, 6) is -1.73. The Morgan fingerprint density at radius 3 is 2.40 bits per heavy atom. The van der Waals surface area contributed by atoms with E-state index in [4.69, 9.17) is 6.85 Å². The van der Waals surface area contributed by atoms with E-state index in [0.29, 0.717) is 31.3 Å². The van der Waals surface area contributed by atoms with Crippen LogP contribution in [0.15, 0.2) is 76.6 Å². The highest BCUT2D eigenvalue weighted by atomic mass is 32.2. The molecule has 0 radical (unpaired) electrons. The molecule has 1 aliphatic rings. The zero-order valence-electron chi connectivity index (χ0n) is 33.8. The lowest BCUT2D eigenvalue weighted by atomic mass is 9.97. The molecule has 3 aromatic carbocycles. The second kappa shape index (κ2) is 15.5. The van der Waals surface area contributed by atoms with Crippen LogP contribution >= 0.6 is 11.8 Å². The van der Waals surface area contributed by atoms with Gasteiger partial charge in [0.2, 0.25) is 5.91 Å². The van der Waals surface area contributed by atoms with Crippen LogP contribution in [-0.4, -0.2) is 51.4 Å². The van der Waals surface area contributed by atoms with Crippen molar-refractivity contribution in [3.8, 4) is 11.1 Å².